The first kappa shape index (κ1) is 16.3. The van der Waals surface area contributed by atoms with Crippen LogP contribution in [-0.2, 0) is 11.3 Å². The predicted octanol–water partition coefficient (Wildman–Crippen LogP) is 4.61. The molecule has 4 saturated carbocycles. The molecule has 6 rings (SSSR count). The lowest BCUT2D eigenvalue weighted by atomic mass is 9.53. The molecule has 5 aliphatic rings. The number of amides is 1. The molecule has 1 aromatic rings. The van der Waals surface area contributed by atoms with E-state index < -0.39 is 0 Å². The minimum atomic E-state index is -0.385. The van der Waals surface area contributed by atoms with Gasteiger partial charge in [-0.3, -0.25) is 9.80 Å². The molecule has 0 spiro atoms. The molecule has 0 unspecified atom stereocenters. The Kier molecular flexibility index (Phi) is 3.63. The van der Waals surface area contributed by atoms with E-state index in [4.69, 9.17) is 0 Å². The van der Waals surface area contributed by atoms with Crippen molar-refractivity contribution >= 4 is 21.8 Å². The normalized spacial score (nSPS) is 38.9. The number of hydrogen-bond donors (Lipinski definition) is 0. The molecule has 4 heteroatoms. The zero-order valence-corrected chi connectivity index (χ0v) is 16.7. The zero-order chi connectivity index (χ0) is 17.3. The fourth-order valence-electron chi connectivity index (χ4n) is 6.38. The molecule has 4 aliphatic carbocycles. The third kappa shape index (κ3) is 2.36. The smallest absolute Gasteiger partial charge is 0.258 e. The van der Waals surface area contributed by atoms with Crippen LogP contribution in [0.3, 0.4) is 0 Å². The number of halogens is 1. The largest absolute Gasteiger partial charge is 0.271 e. The van der Waals surface area contributed by atoms with Crippen LogP contribution in [0.25, 0.3) is 0 Å². The Balaban J connectivity index is 1.44. The van der Waals surface area contributed by atoms with Gasteiger partial charge in [-0.25, -0.2) is 0 Å². The highest BCUT2D eigenvalue weighted by molar-refractivity contribution is 9.10. The number of benzene rings is 1. The molecule has 0 atom stereocenters. The van der Waals surface area contributed by atoms with Crippen LogP contribution >= 0.6 is 15.9 Å². The second-order valence-electron chi connectivity index (χ2n) is 9.28. The quantitative estimate of drug-likeness (QED) is 0.736. The molecule has 1 amide bonds. The maximum absolute atomic E-state index is 13.1. The van der Waals surface area contributed by atoms with Crippen molar-refractivity contribution in [3.8, 4) is 0 Å². The van der Waals surface area contributed by atoms with Gasteiger partial charge in [0.05, 0.1) is 6.04 Å². The Morgan fingerprint density at radius 1 is 1.04 bits per heavy atom. The summed E-state index contributed by atoms with van der Waals surface area (Å²) in [5.41, 5.74) is 0.876. The van der Waals surface area contributed by atoms with E-state index in [1.165, 1.54) is 37.7 Å². The first-order valence-electron chi connectivity index (χ1n) is 9.79. The minimum Gasteiger partial charge on any atom is -0.271 e. The molecular weight excluding hydrogens is 376 g/mol. The third-order valence-corrected chi connectivity index (χ3v) is 8.15. The van der Waals surface area contributed by atoms with E-state index in [1.54, 1.807) is 0 Å². The Hall–Kier alpha value is -0.870. The van der Waals surface area contributed by atoms with Crippen LogP contribution in [-0.4, -0.2) is 27.5 Å². The molecule has 0 aromatic heterocycles. The average Bonchev–Trinajstić information content (AvgIpc) is 2.57. The summed E-state index contributed by atoms with van der Waals surface area (Å²) in [6.45, 7) is 4.97. The van der Waals surface area contributed by atoms with Crippen LogP contribution in [0, 0.1) is 23.7 Å². The maximum Gasteiger partial charge on any atom is 0.258 e. The van der Waals surface area contributed by atoms with Gasteiger partial charge in [0.1, 0.15) is 5.54 Å². The Labute approximate surface area is 158 Å². The van der Waals surface area contributed by atoms with Crippen molar-refractivity contribution < 1.29 is 4.79 Å². The van der Waals surface area contributed by atoms with Crippen LogP contribution in [0.5, 0.6) is 0 Å². The first-order chi connectivity index (χ1) is 11.9. The fraction of sp³-hybridized carbons (Fsp3) is 0.667. The Morgan fingerprint density at radius 2 is 1.64 bits per heavy atom. The van der Waals surface area contributed by atoms with Gasteiger partial charge in [0.2, 0.25) is 0 Å². The molecule has 4 bridgehead atoms. The lowest BCUT2D eigenvalue weighted by Gasteiger charge is -2.65. The van der Waals surface area contributed by atoms with E-state index in [-0.39, 0.29) is 5.54 Å². The zero-order valence-electron chi connectivity index (χ0n) is 15.1. The molecule has 0 radical (unpaired) electrons. The summed E-state index contributed by atoms with van der Waals surface area (Å²) in [5, 5.41) is 4.54. The van der Waals surface area contributed by atoms with E-state index in [0.717, 1.165) is 34.7 Å². The van der Waals surface area contributed by atoms with E-state index in [1.807, 2.05) is 0 Å². The van der Waals surface area contributed by atoms with Crippen molar-refractivity contribution in [2.24, 2.45) is 23.7 Å². The molecule has 1 heterocycles. The standard InChI is InChI=1S/C21H27BrN2O/c1-21(2)20(25)24(23(21)12-15-5-3-4-6-18(15)22)19-16-8-13-7-14(10-16)11-17(19)9-13/h3-6,13-14,16-17,19H,7-12H2,1-2H3. The number of carbonyl (C=O) groups is 1. The topological polar surface area (TPSA) is 23.6 Å². The van der Waals surface area contributed by atoms with Gasteiger partial charge in [0, 0.05) is 11.0 Å². The van der Waals surface area contributed by atoms with Gasteiger partial charge in [-0.15, -0.1) is 0 Å². The highest BCUT2D eigenvalue weighted by atomic mass is 79.9. The Morgan fingerprint density at radius 3 is 2.24 bits per heavy atom. The number of rotatable bonds is 3. The molecule has 5 fully saturated rings. The summed E-state index contributed by atoms with van der Waals surface area (Å²) < 4.78 is 1.13. The number of hydrazine groups is 1. The van der Waals surface area contributed by atoms with Crippen molar-refractivity contribution in [3.05, 3.63) is 34.3 Å². The van der Waals surface area contributed by atoms with Crippen molar-refractivity contribution in [3.63, 3.8) is 0 Å². The molecule has 0 N–H and O–H groups in total. The average molecular weight is 403 g/mol. The summed E-state index contributed by atoms with van der Waals surface area (Å²) in [7, 11) is 0. The lowest BCUT2D eigenvalue weighted by molar-refractivity contribution is -0.251. The van der Waals surface area contributed by atoms with Gasteiger partial charge < -0.3 is 0 Å². The van der Waals surface area contributed by atoms with E-state index in [0.29, 0.717) is 11.9 Å². The Bertz CT molecular complexity index is 688. The van der Waals surface area contributed by atoms with Crippen LogP contribution in [0.4, 0.5) is 0 Å². The van der Waals surface area contributed by atoms with Gasteiger partial charge in [-0.2, -0.15) is 5.01 Å². The monoisotopic (exact) mass is 402 g/mol. The molecule has 1 aliphatic heterocycles. The molecule has 1 aromatic carbocycles. The van der Waals surface area contributed by atoms with Gasteiger partial charge in [0.25, 0.3) is 5.91 Å². The molecular formula is C21H27BrN2O. The second kappa shape index (κ2) is 5.56. The maximum atomic E-state index is 13.1. The van der Waals surface area contributed by atoms with Crippen molar-refractivity contribution in [1.82, 2.24) is 10.0 Å². The third-order valence-electron chi connectivity index (χ3n) is 7.37. The van der Waals surface area contributed by atoms with Crippen LogP contribution < -0.4 is 0 Å². The molecule has 1 saturated heterocycles. The lowest BCUT2D eigenvalue weighted by Crippen LogP contribution is -2.79. The number of carbonyl (C=O) groups excluding carboxylic acids is 1. The summed E-state index contributed by atoms with van der Waals surface area (Å²) in [6.07, 6.45) is 6.87. The minimum absolute atomic E-state index is 0.331. The molecule has 3 nitrogen and oxygen atoms in total. The van der Waals surface area contributed by atoms with Crippen LogP contribution in [0.2, 0.25) is 0 Å². The molecule has 25 heavy (non-hydrogen) atoms. The van der Waals surface area contributed by atoms with Crippen molar-refractivity contribution in [2.75, 3.05) is 0 Å². The first-order valence-corrected chi connectivity index (χ1v) is 10.6. The SMILES string of the molecule is CC1(C)C(=O)N(C2C3CC4CC(C3)CC2C4)N1Cc1ccccc1Br. The van der Waals surface area contributed by atoms with Crippen molar-refractivity contribution in [2.45, 2.75) is 64.1 Å². The van der Waals surface area contributed by atoms with E-state index in [9.17, 15) is 4.79 Å². The van der Waals surface area contributed by atoms with Gasteiger partial charge in [0.15, 0.2) is 0 Å². The van der Waals surface area contributed by atoms with Crippen molar-refractivity contribution in [1.29, 1.82) is 0 Å². The van der Waals surface area contributed by atoms with Gasteiger partial charge in [-0.05, 0) is 81.3 Å². The summed E-state index contributed by atoms with van der Waals surface area (Å²) in [5.74, 6) is 3.69. The highest BCUT2D eigenvalue weighted by Crippen LogP contribution is 2.57. The predicted molar refractivity (Wildman–Crippen MR) is 101 cm³/mol. The van der Waals surface area contributed by atoms with Gasteiger partial charge in [-0.1, -0.05) is 34.1 Å². The van der Waals surface area contributed by atoms with E-state index >= 15 is 0 Å². The second-order valence-corrected chi connectivity index (χ2v) is 10.1. The van der Waals surface area contributed by atoms with E-state index in [2.05, 4.69) is 64.1 Å². The van der Waals surface area contributed by atoms with Crippen LogP contribution in [0.15, 0.2) is 28.7 Å². The van der Waals surface area contributed by atoms with Crippen LogP contribution in [0.1, 0.15) is 51.5 Å². The molecule has 134 valence electrons. The number of nitrogens with zero attached hydrogens (tertiary/aromatic N) is 2. The summed E-state index contributed by atoms with van der Waals surface area (Å²) in [4.78, 5) is 13.1. The number of hydrogen-bond acceptors (Lipinski definition) is 2. The highest BCUT2D eigenvalue weighted by Gasteiger charge is 2.60. The fourth-order valence-corrected chi connectivity index (χ4v) is 6.79. The summed E-state index contributed by atoms with van der Waals surface area (Å²) in [6, 6.07) is 8.85. The summed E-state index contributed by atoms with van der Waals surface area (Å²) >= 11 is 3.68. The van der Waals surface area contributed by atoms with Gasteiger partial charge >= 0.3 is 0 Å².